The van der Waals surface area contributed by atoms with Crippen molar-refractivity contribution in [1.82, 2.24) is 0 Å². The zero-order chi connectivity index (χ0) is 11.4. The highest BCUT2D eigenvalue weighted by atomic mass is 32.2. The average Bonchev–Trinajstić information content (AvgIpc) is 2.13. The molecule has 0 amide bonds. The van der Waals surface area contributed by atoms with E-state index in [0.29, 0.717) is 0 Å². The van der Waals surface area contributed by atoms with E-state index >= 15 is 0 Å². The minimum atomic E-state index is -2.17. The van der Waals surface area contributed by atoms with Gasteiger partial charge in [0, 0.05) is 5.75 Å². The summed E-state index contributed by atoms with van der Waals surface area (Å²) in [5, 5.41) is 0. The first kappa shape index (κ1) is 12.2. The molecule has 0 radical (unpaired) electrons. The van der Waals surface area contributed by atoms with E-state index < -0.39 is 28.5 Å². The van der Waals surface area contributed by atoms with E-state index in [1.165, 1.54) is 0 Å². The summed E-state index contributed by atoms with van der Waals surface area (Å²) in [6.07, 6.45) is 0.447. The highest BCUT2D eigenvalue weighted by Crippen LogP contribution is 2.14. The maximum atomic E-state index is 12.7. The fourth-order valence-electron chi connectivity index (χ4n) is 1.15. The van der Waals surface area contributed by atoms with Gasteiger partial charge < -0.3 is 4.55 Å². The molecule has 0 saturated heterocycles. The van der Waals surface area contributed by atoms with Gasteiger partial charge in [0.05, 0.1) is 0 Å². The fourth-order valence-corrected chi connectivity index (χ4v) is 1.53. The van der Waals surface area contributed by atoms with E-state index in [1.807, 2.05) is 0 Å². The minimum Gasteiger partial charge on any atom is -0.772 e. The van der Waals surface area contributed by atoms with Crippen LogP contribution in [-0.2, 0) is 17.5 Å². The van der Waals surface area contributed by atoms with Gasteiger partial charge in [-0.25, -0.2) is 13.2 Å². The van der Waals surface area contributed by atoms with Crippen molar-refractivity contribution in [2.24, 2.45) is 0 Å². The third kappa shape index (κ3) is 3.64. The predicted octanol–water partition coefficient (Wildman–Crippen LogP) is 1.92. The van der Waals surface area contributed by atoms with E-state index in [-0.39, 0.29) is 24.2 Å². The molecule has 15 heavy (non-hydrogen) atoms. The van der Waals surface area contributed by atoms with Crippen LogP contribution in [0.15, 0.2) is 12.1 Å². The van der Waals surface area contributed by atoms with Crippen LogP contribution < -0.4 is 0 Å². The van der Waals surface area contributed by atoms with Gasteiger partial charge in [0.15, 0.2) is 17.5 Å². The highest BCUT2D eigenvalue weighted by molar-refractivity contribution is 7.79. The quantitative estimate of drug-likeness (QED) is 0.593. The molecule has 0 spiro atoms. The van der Waals surface area contributed by atoms with Crippen molar-refractivity contribution >= 4 is 11.1 Å². The first-order chi connectivity index (χ1) is 7.00. The number of hydrogen-bond donors (Lipinski definition) is 0. The summed E-state index contributed by atoms with van der Waals surface area (Å²) in [6.45, 7) is 0. The number of benzene rings is 1. The van der Waals surface area contributed by atoms with Crippen LogP contribution in [0.1, 0.15) is 12.0 Å². The summed E-state index contributed by atoms with van der Waals surface area (Å²) in [5.74, 6) is -4.10. The number of aryl methyl sites for hydroxylation is 1. The number of rotatable bonds is 4. The van der Waals surface area contributed by atoms with Gasteiger partial charge in [0.25, 0.3) is 0 Å². The maximum absolute atomic E-state index is 12.7. The average molecular weight is 237 g/mol. The van der Waals surface area contributed by atoms with Crippen LogP contribution in [0, 0.1) is 17.5 Å². The Morgan fingerprint density at radius 3 is 2.20 bits per heavy atom. The Kier molecular flexibility index (Phi) is 4.28. The van der Waals surface area contributed by atoms with Gasteiger partial charge in [0.1, 0.15) is 0 Å². The summed E-state index contributed by atoms with van der Waals surface area (Å²) in [4.78, 5) is 0. The smallest absolute Gasteiger partial charge is 0.194 e. The first-order valence-electron chi connectivity index (χ1n) is 4.20. The Morgan fingerprint density at radius 1 is 1.20 bits per heavy atom. The maximum Gasteiger partial charge on any atom is 0.194 e. The third-order valence-corrected chi connectivity index (χ3v) is 2.44. The minimum absolute atomic E-state index is 0.0827. The van der Waals surface area contributed by atoms with Crippen LogP contribution in [0.4, 0.5) is 13.2 Å². The Labute approximate surface area is 87.4 Å². The van der Waals surface area contributed by atoms with Crippen molar-refractivity contribution in [1.29, 1.82) is 0 Å². The van der Waals surface area contributed by atoms with E-state index in [0.717, 1.165) is 12.1 Å². The molecule has 0 fully saturated rings. The molecule has 0 bridgehead atoms. The van der Waals surface area contributed by atoms with Crippen LogP contribution in [0.2, 0.25) is 0 Å². The molecule has 1 aromatic rings. The molecule has 84 valence electrons. The molecule has 0 aliphatic carbocycles. The molecule has 1 rings (SSSR count). The van der Waals surface area contributed by atoms with Crippen LogP contribution in [-0.4, -0.2) is 14.5 Å². The zero-order valence-electron chi connectivity index (χ0n) is 7.63. The molecular formula is C9H8F3O2S-. The monoisotopic (exact) mass is 237 g/mol. The molecule has 0 saturated carbocycles. The second-order valence-electron chi connectivity index (χ2n) is 2.98. The van der Waals surface area contributed by atoms with E-state index in [9.17, 15) is 21.9 Å². The molecular weight excluding hydrogens is 229 g/mol. The van der Waals surface area contributed by atoms with Gasteiger partial charge in [0.2, 0.25) is 0 Å². The van der Waals surface area contributed by atoms with Gasteiger partial charge in [-0.15, -0.1) is 0 Å². The topological polar surface area (TPSA) is 40.1 Å². The van der Waals surface area contributed by atoms with Crippen LogP contribution in [0.5, 0.6) is 0 Å². The summed E-state index contributed by atoms with van der Waals surface area (Å²) >= 11 is -2.17. The van der Waals surface area contributed by atoms with Gasteiger partial charge in [-0.1, -0.05) is 11.1 Å². The van der Waals surface area contributed by atoms with Gasteiger partial charge in [-0.05, 0) is 30.5 Å². The summed E-state index contributed by atoms with van der Waals surface area (Å²) in [7, 11) is 0. The molecule has 0 aliphatic rings. The standard InChI is InChI=1S/C9H9F3O2S/c10-7-4-6(2-1-3-15(13)14)5-8(11)9(7)12/h4-5H,1-3H2,(H,13,14)/p-1. The second-order valence-corrected chi connectivity index (χ2v) is 4.00. The first-order valence-corrected chi connectivity index (χ1v) is 5.44. The Balaban J connectivity index is 2.66. The number of hydrogen-bond acceptors (Lipinski definition) is 2. The highest BCUT2D eigenvalue weighted by Gasteiger charge is 2.09. The lowest BCUT2D eigenvalue weighted by molar-refractivity contribution is 0.445. The van der Waals surface area contributed by atoms with Crippen molar-refractivity contribution < 1.29 is 21.9 Å². The second kappa shape index (κ2) is 5.27. The third-order valence-electron chi connectivity index (χ3n) is 1.82. The number of halogens is 3. The molecule has 6 heteroatoms. The van der Waals surface area contributed by atoms with Gasteiger partial charge in [-0.3, -0.25) is 4.21 Å². The molecule has 0 N–H and O–H groups in total. The van der Waals surface area contributed by atoms with Crippen molar-refractivity contribution in [3.63, 3.8) is 0 Å². The predicted molar refractivity (Wildman–Crippen MR) is 48.4 cm³/mol. The van der Waals surface area contributed by atoms with E-state index in [4.69, 9.17) is 0 Å². The SMILES string of the molecule is O=S([O-])CCCc1cc(F)c(F)c(F)c1. The molecule has 0 aliphatic heterocycles. The van der Waals surface area contributed by atoms with E-state index in [2.05, 4.69) is 0 Å². The van der Waals surface area contributed by atoms with Gasteiger partial charge in [-0.2, -0.15) is 0 Å². The van der Waals surface area contributed by atoms with Crippen LogP contribution in [0.25, 0.3) is 0 Å². The molecule has 1 atom stereocenters. The Bertz CT molecular complexity index is 359. The zero-order valence-corrected chi connectivity index (χ0v) is 8.45. The van der Waals surface area contributed by atoms with Gasteiger partial charge >= 0.3 is 0 Å². The van der Waals surface area contributed by atoms with E-state index in [1.54, 1.807) is 0 Å². The lowest BCUT2D eigenvalue weighted by Gasteiger charge is -2.05. The largest absolute Gasteiger partial charge is 0.772 e. The molecule has 1 unspecified atom stereocenters. The fraction of sp³-hybridized carbons (Fsp3) is 0.333. The molecule has 0 aromatic heterocycles. The Hall–Kier alpha value is -0.880. The lowest BCUT2D eigenvalue weighted by atomic mass is 10.1. The van der Waals surface area contributed by atoms with Crippen molar-refractivity contribution in [3.8, 4) is 0 Å². The lowest BCUT2D eigenvalue weighted by Crippen LogP contribution is -1.99. The van der Waals surface area contributed by atoms with Crippen LogP contribution in [0.3, 0.4) is 0 Å². The molecule has 0 heterocycles. The summed E-state index contributed by atoms with van der Waals surface area (Å²) < 4.78 is 58.2. The van der Waals surface area contributed by atoms with Crippen molar-refractivity contribution in [2.75, 3.05) is 5.75 Å². The Morgan fingerprint density at radius 2 is 1.73 bits per heavy atom. The van der Waals surface area contributed by atoms with Crippen molar-refractivity contribution in [2.45, 2.75) is 12.8 Å². The summed E-state index contributed by atoms with van der Waals surface area (Å²) in [5.41, 5.74) is 0.247. The van der Waals surface area contributed by atoms with Crippen LogP contribution >= 0.6 is 0 Å². The molecule has 1 aromatic carbocycles. The normalized spacial score (nSPS) is 12.8. The molecule has 2 nitrogen and oxygen atoms in total. The summed E-state index contributed by atoms with van der Waals surface area (Å²) in [6, 6.07) is 1.73. The van der Waals surface area contributed by atoms with Crippen molar-refractivity contribution in [3.05, 3.63) is 35.1 Å².